The van der Waals surface area contributed by atoms with E-state index in [0.717, 1.165) is 0 Å². The Morgan fingerprint density at radius 3 is 2.73 bits per heavy atom. The number of carbonyl (C=O) groups is 2. The van der Waals surface area contributed by atoms with Gasteiger partial charge in [-0.3, -0.25) is 9.59 Å². The van der Waals surface area contributed by atoms with Crippen LogP contribution in [-0.4, -0.2) is 37.1 Å². The zero-order valence-corrected chi connectivity index (χ0v) is 9.73. The van der Waals surface area contributed by atoms with Crippen molar-refractivity contribution in [2.45, 2.75) is 32.4 Å². The number of hydrogen-bond acceptors (Lipinski definition) is 4. The van der Waals surface area contributed by atoms with Gasteiger partial charge in [-0.25, -0.2) is 0 Å². The fourth-order valence-electron chi connectivity index (χ4n) is 1.29. The van der Waals surface area contributed by atoms with E-state index < -0.39 is 6.04 Å². The van der Waals surface area contributed by atoms with E-state index in [2.05, 4.69) is 10.6 Å². The van der Waals surface area contributed by atoms with Crippen molar-refractivity contribution in [3.63, 3.8) is 0 Å². The second kappa shape index (κ2) is 6.63. The van der Waals surface area contributed by atoms with Gasteiger partial charge in [-0.15, -0.1) is 12.4 Å². The molecule has 1 fully saturated rings. The molecule has 0 spiro atoms. The summed E-state index contributed by atoms with van der Waals surface area (Å²) in [6.45, 7) is 4.89. The van der Waals surface area contributed by atoms with Crippen LogP contribution in [0.3, 0.4) is 0 Å². The van der Waals surface area contributed by atoms with Gasteiger partial charge in [0.2, 0.25) is 5.91 Å². The van der Waals surface area contributed by atoms with Gasteiger partial charge >= 0.3 is 5.97 Å². The van der Waals surface area contributed by atoms with Crippen molar-refractivity contribution in [2.75, 3.05) is 13.1 Å². The normalized spacial score (nSPS) is 20.5. The molecule has 0 aromatic carbocycles. The summed E-state index contributed by atoms with van der Waals surface area (Å²) in [7, 11) is 0. The molecule has 88 valence electrons. The Morgan fingerprint density at radius 2 is 2.20 bits per heavy atom. The molecule has 1 heterocycles. The lowest BCUT2D eigenvalue weighted by molar-refractivity contribution is -0.149. The standard InChI is InChI=1S/C9H16N2O3.ClH/c1-6(2)14-8(12)5-7-9(13)11-4-3-10-7;/h6-7,10H,3-5H2,1-2H3,(H,11,13);1H. The maximum atomic E-state index is 11.2. The number of carbonyl (C=O) groups excluding carboxylic acids is 2. The third-order valence-electron chi connectivity index (χ3n) is 1.87. The number of rotatable bonds is 3. The first-order valence-corrected chi connectivity index (χ1v) is 4.80. The second-order valence-electron chi connectivity index (χ2n) is 3.54. The molecule has 1 amide bonds. The van der Waals surface area contributed by atoms with Crippen LogP contribution in [0.25, 0.3) is 0 Å². The molecule has 1 unspecified atom stereocenters. The zero-order chi connectivity index (χ0) is 10.6. The third-order valence-corrected chi connectivity index (χ3v) is 1.87. The highest BCUT2D eigenvalue weighted by molar-refractivity contribution is 5.87. The number of ether oxygens (including phenoxy) is 1. The summed E-state index contributed by atoms with van der Waals surface area (Å²) in [5.74, 6) is -0.466. The molecule has 1 aliphatic rings. The van der Waals surface area contributed by atoms with Crippen LogP contribution in [0.2, 0.25) is 0 Å². The van der Waals surface area contributed by atoms with Gasteiger partial charge in [-0.2, -0.15) is 0 Å². The summed E-state index contributed by atoms with van der Waals surface area (Å²) < 4.78 is 4.94. The van der Waals surface area contributed by atoms with Gasteiger partial charge < -0.3 is 15.4 Å². The average Bonchev–Trinajstić information content (AvgIpc) is 2.07. The maximum Gasteiger partial charge on any atom is 0.308 e. The largest absolute Gasteiger partial charge is 0.463 e. The minimum Gasteiger partial charge on any atom is -0.463 e. The molecule has 0 aromatic rings. The maximum absolute atomic E-state index is 11.2. The summed E-state index contributed by atoms with van der Waals surface area (Å²) in [6.07, 6.45) is -0.0292. The number of piperazine rings is 1. The van der Waals surface area contributed by atoms with Crippen LogP contribution in [0.15, 0.2) is 0 Å². The van der Waals surface area contributed by atoms with Gasteiger partial charge in [0.25, 0.3) is 0 Å². The molecule has 5 nitrogen and oxygen atoms in total. The first-order valence-electron chi connectivity index (χ1n) is 4.80. The highest BCUT2D eigenvalue weighted by atomic mass is 35.5. The van der Waals surface area contributed by atoms with Crippen LogP contribution in [0.1, 0.15) is 20.3 Å². The Morgan fingerprint density at radius 1 is 1.53 bits per heavy atom. The first kappa shape index (κ1) is 14.2. The predicted octanol–water partition coefficient (Wildman–Crippen LogP) is -0.162. The van der Waals surface area contributed by atoms with Crippen molar-refractivity contribution in [3.05, 3.63) is 0 Å². The molecular formula is C9H17ClN2O3. The Labute approximate surface area is 95.3 Å². The minimum absolute atomic E-state index is 0. The van der Waals surface area contributed by atoms with Gasteiger partial charge in [0.1, 0.15) is 0 Å². The predicted molar refractivity (Wildman–Crippen MR) is 57.9 cm³/mol. The monoisotopic (exact) mass is 236 g/mol. The van der Waals surface area contributed by atoms with Crippen molar-refractivity contribution in [3.8, 4) is 0 Å². The number of amides is 1. The molecule has 6 heteroatoms. The summed E-state index contributed by atoms with van der Waals surface area (Å²) in [6, 6.07) is -0.435. The van der Waals surface area contributed by atoms with E-state index in [1.807, 2.05) is 0 Å². The molecule has 15 heavy (non-hydrogen) atoms. The molecular weight excluding hydrogens is 220 g/mol. The Kier molecular flexibility index (Phi) is 6.27. The lowest BCUT2D eigenvalue weighted by Crippen LogP contribution is -2.53. The van der Waals surface area contributed by atoms with E-state index in [-0.39, 0.29) is 36.8 Å². The lowest BCUT2D eigenvalue weighted by Gasteiger charge is -2.22. The Hall–Kier alpha value is -0.810. The van der Waals surface area contributed by atoms with Crippen LogP contribution < -0.4 is 10.6 Å². The van der Waals surface area contributed by atoms with E-state index in [0.29, 0.717) is 13.1 Å². The smallest absolute Gasteiger partial charge is 0.308 e. The summed E-state index contributed by atoms with van der Waals surface area (Å²) in [5.41, 5.74) is 0. The van der Waals surface area contributed by atoms with Crippen molar-refractivity contribution < 1.29 is 14.3 Å². The van der Waals surface area contributed by atoms with Crippen LogP contribution >= 0.6 is 12.4 Å². The molecule has 1 atom stereocenters. The van der Waals surface area contributed by atoms with Crippen molar-refractivity contribution in [1.82, 2.24) is 10.6 Å². The molecule has 0 bridgehead atoms. The van der Waals surface area contributed by atoms with Crippen LogP contribution in [0.5, 0.6) is 0 Å². The molecule has 1 aliphatic heterocycles. The number of nitrogens with one attached hydrogen (secondary N) is 2. The Bertz CT molecular complexity index is 233. The van der Waals surface area contributed by atoms with E-state index in [1.165, 1.54) is 0 Å². The summed E-state index contributed by atoms with van der Waals surface area (Å²) >= 11 is 0. The number of hydrogen-bond donors (Lipinski definition) is 2. The van der Waals surface area contributed by atoms with Crippen LogP contribution in [0.4, 0.5) is 0 Å². The first-order chi connectivity index (χ1) is 6.59. The lowest BCUT2D eigenvalue weighted by atomic mass is 10.1. The Balaban J connectivity index is 0.00000196. The molecule has 0 aliphatic carbocycles. The molecule has 0 saturated carbocycles. The average molecular weight is 237 g/mol. The zero-order valence-electron chi connectivity index (χ0n) is 8.91. The van der Waals surface area contributed by atoms with Gasteiger partial charge in [0.05, 0.1) is 18.6 Å². The molecule has 1 rings (SSSR count). The quantitative estimate of drug-likeness (QED) is 0.669. The molecule has 0 aromatic heterocycles. The van der Waals surface area contributed by atoms with Gasteiger partial charge in [-0.1, -0.05) is 0 Å². The van der Waals surface area contributed by atoms with E-state index in [4.69, 9.17) is 4.74 Å². The topological polar surface area (TPSA) is 67.4 Å². The van der Waals surface area contributed by atoms with E-state index in [1.54, 1.807) is 13.8 Å². The SMILES string of the molecule is CC(C)OC(=O)CC1NCCNC1=O.Cl. The summed E-state index contributed by atoms with van der Waals surface area (Å²) in [5, 5.41) is 5.64. The molecule has 1 saturated heterocycles. The fourth-order valence-corrected chi connectivity index (χ4v) is 1.29. The molecule has 0 radical (unpaired) electrons. The minimum atomic E-state index is -0.435. The fraction of sp³-hybridized carbons (Fsp3) is 0.778. The van der Waals surface area contributed by atoms with E-state index >= 15 is 0 Å². The van der Waals surface area contributed by atoms with Gasteiger partial charge in [0.15, 0.2) is 0 Å². The van der Waals surface area contributed by atoms with Crippen LogP contribution in [-0.2, 0) is 14.3 Å². The molecule has 2 N–H and O–H groups in total. The highest BCUT2D eigenvalue weighted by Crippen LogP contribution is 2.00. The summed E-state index contributed by atoms with van der Waals surface area (Å²) in [4.78, 5) is 22.5. The van der Waals surface area contributed by atoms with Gasteiger partial charge in [0, 0.05) is 13.1 Å². The highest BCUT2D eigenvalue weighted by Gasteiger charge is 2.24. The van der Waals surface area contributed by atoms with Crippen molar-refractivity contribution in [1.29, 1.82) is 0 Å². The number of esters is 1. The van der Waals surface area contributed by atoms with Crippen LogP contribution in [0, 0.1) is 0 Å². The number of halogens is 1. The van der Waals surface area contributed by atoms with E-state index in [9.17, 15) is 9.59 Å². The van der Waals surface area contributed by atoms with Crippen molar-refractivity contribution in [2.24, 2.45) is 0 Å². The van der Waals surface area contributed by atoms with Crippen molar-refractivity contribution >= 4 is 24.3 Å². The van der Waals surface area contributed by atoms with Gasteiger partial charge in [-0.05, 0) is 13.8 Å². The third kappa shape index (κ3) is 4.99. The second-order valence-corrected chi connectivity index (χ2v) is 3.54.